The van der Waals surface area contributed by atoms with Crippen molar-refractivity contribution in [2.45, 2.75) is 0 Å². The maximum absolute atomic E-state index is 13.0. The van der Waals surface area contributed by atoms with Crippen molar-refractivity contribution in [1.29, 1.82) is 0 Å². The predicted octanol–water partition coefficient (Wildman–Crippen LogP) is 3.15. The van der Waals surface area contributed by atoms with Crippen molar-refractivity contribution >= 4 is 23.3 Å². The molecule has 118 valence electrons. The van der Waals surface area contributed by atoms with Crippen molar-refractivity contribution in [3.8, 4) is 0 Å². The van der Waals surface area contributed by atoms with E-state index in [9.17, 15) is 14.7 Å². The topological polar surface area (TPSA) is 83.4 Å². The molecule has 0 aliphatic rings. The maximum atomic E-state index is 13.0. The molecule has 0 bridgehead atoms. The fraction of sp³-hybridized carbons (Fsp3) is 0. The molecular formula is C18H13N3O3. The molecule has 2 aromatic carbocycles. The second-order valence-corrected chi connectivity index (χ2v) is 4.87. The predicted molar refractivity (Wildman–Crippen MR) is 88.3 cm³/mol. The average molecular weight is 319 g/mol. The Hall–Kier alpha value is -3.54. The van der Waals surface area contributed by atoms with E-state index < -0.39 is 11.9 Å². The zero-order valence-electron chi connectivity index (χ0n) is 12.5. The molecular weight excluding hydrogens is 306 g/mol. The first kappa shape index (κ1) is 15.4. The van der Waals surface area contributed by atoms with E-state index in [1.54, 1.807) is 48.5 Å². The molecule has 0 saturated heterocycles. The first-order valence-corrected chi connectivity index (χ1v) is 7.17. The van der Waals surface area contributed by atoms with Gasteiger partial charge >= 0.3 is 5.97 Å². The Kier molecular flexibility index (Phi) is 4.29. The largest absolute Gasteiger partial charge is 0.476 e. The smallest absolute Gasteiger partial charge is 0.356 e. The van der Waals surface area contributed by atoms with E-state index >= 15 is 0 Å². The average Bonchev–Trinajstić information content (AvgIpc) is 2.63. The highest BCUT2D eigenvalue weighted by molar-refractivity contribution is 6.13. The van der Waals surface area contributed by atoms with Crippen molar-refractivity contribution in [3.05, 3.63) is 84.4 Å². The molecule has 3 rings (SSSR count). The zero-order chi connectivity index (χ0) is 16.9. The second-order valence-electron chi connectivity index (χ2n) is 4.87. The van der Waals surface area contributed by atoms with Gasteiger partial charge in [-0.3, -0.25) is 9.69 Å². The van der Waals surface area contributed by atoms with Crippen LogP contribution in [0.25, 0.3) is 0 Å². The van der Waals surface area contributed by atoms with Crippen LogP contribution in [0, 0.1) is 0 Å². The van der Waals surface area contributed by atoms with Gasteiger partial charge in [-0.05, 0) is 24.3 Å². The molecule has 0 aliphatic carbocycles. The van der Waals surface area contributed by atoms with Gasteiger partial charge in [-0.1, -0.05) is 36.4 Å². The van der Waals surface area contributed by atoms with Crippen LogP contribution in [-0.2, 0) is 0 Å². The summed E-state index contributed by atoms with van der Waals surface area (Å²) >= 11 is 0. The molecule has 1 N–H and O–H groups in total. The van der Waals surface area contributed by atoms with E-state index in [4.69, 9.17) is 0 Å². The Balaban J connectivity index is 2.14. The van der Waals surface area contributed by atoms with Crippen molar-refractivity contribution in [2.24, 2.45) is 0 Å². The molecule has 0 radical (unpaired) electrons. The van der Waals surface area contributed by atoms with Crippen LogP contribution in [-0.4, -0.2) is 27.0 Å². The van der Waals surface area contributed by atoms with Gasteiger partial charge in [-0.25, -0.2) is 14.8 Å². The fourth-order valence-corrected chi connectivity index (χ4v) is 2.29. The van der Waals surface area contributed by atoms with Gasteiger partial charge in [0.2, 0.25) is 0 Å². The van der Waals surface area contributed by atoms with Crippen LogP contribution >= 0.6 is 0 Å². The molecule has 0 saturated carbocycles. The van der Waals surface area contributed by atoms with Crippen molar-refractivity contribution in [3.63, 3.8) is 0 Å². The number of hydrogen-bond donors (Lipinski definition) is 1. The first-order chi connectivity index (χ1) is 11.7. The third-order valence-electron chi connectivity index (χ3n) is 3.34. The summed E-state index contributed by atoms with van der Waals surface area (Å²) in [4.78, 5) is 33.5. The van der Waals surface area contributed by atoms with Gasteiger partial charge in [-0.15, -0.1) is 0 Å². The Morgan fingerprint density at radius 2 is 1.21 bits per heavy atom. The minimum atomic E-state index is -1.30. The lowest BCUT2D eigenvalue weighted by molar-refractivity contribution is 0.0684. The summed E-state index contributed by atoms with van der Waals surface area (Å²) in [5.41, 5.74) is 0.628. The quantitative estimate of drug-likeness (QED) is 0.798. The van der Waals surface area contributed by atoms with Crippen LogP contribution < -0.4 is 4.90 Å². The number of rotatable bonds is 4. The van der Waals surface area contributed by atoms with E-state index in [0.29, 0.717) is 11.4 Å². The Morgan fingerprint density at radius 1 is 0.750 bits per heavy atom. The summed E-state index contributed by atoms with van der Waals surface area (Å²) in [7, 11) is 0. The maximum Gasteiger partial charge on any atom is 0.356 e. The molecule has 0 atom stereocenters. The number of aromatic nitrogens is 2. The number of amides is 1. The highest BCUT2D eigenvalue weighted by Crippen LogP contribution is 2.27. The van der Waals surface area contributed by atoms with E-state index in [1.807, 2.05) is 12.1 Å². The summed E-state index contributed by atoms with van der Waals surface area (Å²) < 4.78 is 0. The van der Waals surface area contributed by atoms with E-state index in [2.05, 4.69) is 9.97 Å². The number of para-hydroxylation sites is 2. The molecule has 1 amide bonds. The molecule has 6 nitrogen and oxygen atoms in total. The molecule has 1 heterocycles. The molecule has 24 heavy (non-hydrogen) atoms. The third kappa shape index (κ3) is 2.98. The highest BCUT2D eigenvalue weighted by atomic mass is 16.4. The van der Waals surface area contributed by atoms with Gasteiger partial charge < -0.3 is 5.11 Å². The summed E-state index contributed by atoms with van der Waals surface area (Å²) in [5, 5.41) is 9.26. The number of carboxylic acid groups (broad SMARTS) is 1. The lowest BCUT2D eigenvalue weighted by atomic mass is 10.2. The number of nitrogens with zero attached hydrogens (tertiary/aromatic N) is 3. The van der Waals surface area contributed by atoms with Crippen molar-refractivity contribution in [2.75, 3.05) is 4.90 Å². The summed E-state index contributed by atoms with van der Waals surface area (Å²) in [6, 6.07) is 17.9. The van der Waals surface area contributed by atoms with Gasteiger partial charge in [0.15, 0.2) is 11.4 Å². The SMILES string of the molecule is O=C(O)c1nccnc1C(=O)N(c1ccccc1)c1ccccc1. The zero-order valence-corrected chi connectivity index (χ0v) is 12.5. The number of carbonyl (C=O) groups excluding carboxylic acids is 1. The minimum absolute atomic E-state index is 0.210. The molecule has 0 spiro atoms. The normalized spacial score (nSPS) is 10.2. The van der Waals surface area contributed by atoms with Gasteiger partial charge in [0.1, 0.15) is 0 Å². The van der Waals surface area contributed by atoms with Gasteiger partial charge in [-0.2, -0.15) is 0 Å². The molecule has 1 aromatic heterocycles. The van der Waals surface area contributed by atoms with Crippen LogP contribution in [0.5, 0.6) is 0 Å². The van der Waals surface area contributed by atoms with Gasteiger partial charge in [0, 0.05) is 23.8 Å². The van der Waals surface area contributed by atoms with E-state index in [-0.39, 0.29) is 11.4 Å². The number of hydrogen-bond acceptors (Lipinski definition) is 4. The van der Waals surface area contributed by atoms with Crippen LogP contribution in [0.2, 0.25) is 0 Å². The number of aromatic carboxylic acids is 1. The monoisotopic (exact) mass is 319 g/mol. The highest BCUT2D eigenvalue weighted by Gasteiger charge is 2.26. The molecule has 0 fully saturated rings. The van der Waals surface area contributed by atoms with E-state index in [1.165, 1.54) is 17.3 Å². The van der Waals surface area contributed by atoms with Gasteiger partial charge in [0.25, 0.3) is 5.91 Å². The Bertz CT molecular complexity index is 827. The number of anilines is 2. The Morgan fingerprint density at radius 3 is 1.67 bits per heavy atom. The van der Waals surface area contributed by atoms with Gasteiger partial charge in [0.05, 0.1) is 0 Å². The van der Waals surface area contributed by atoms with Crippen LogP contribution in [0.1, 0.15) is 21.0 Å². The van der Waals surface area contributed by atoms with Crippen LogP contribution in [0.3, 0.4) is 0 Å². The molecule has 6 heteroatoms. The molecule has 0 unspecified atom stereocenters. The van der Waals surface area contributed by atoms with Crippen molar-refractivity contribution < 1.29 is 14.7 Å². The fourth-order valence-electron chi connectivity index (χ4n) is 2.29. The van der Waals surface area contributed by atoms with Crippen molar-refractivity contribution in [1.82, 2.24) is 9.97 Å². The summed E-state index contributed by atoms with van der Waals surface area (Å²) in [6.07, 6.45) is 2.55. The first-order valence-electron chi connectivity index (χ1n) is 7.17. The standard InChI is InChI=1S/C18H13N3O3/c22-17(15-16(18(23)24)20-12-11-19-15)21(13-7-3-1-4-8-13)14-9-5-2-6-10-14/h1-12H,(H,23,24). The van der Waals surface area contributed by atoms with Crippen LogP contribution in [0.15, 0.2) is 73.1 Å². The third-order valence-corrected chi connectivity index (χ3v) is 3.34. The lowest BCUT2D eigenvalue weighted by Crippen LogP contribution is -2.29. The summed E-state index contributed by atoms with van der Waals surface area (Å²) in [6.45, 7) is 0. The van der Waals surface area contributed by atoms with E-state index in [0.717, 1.165) is 0 Å². The number of benzene rings is 2. The number of carbonyl (C=O) groups is 2. The van der Waals surface area contributed by atoms with Crippen LogP contribution in [0.4, 0.5) is 11.4 Å². The summed E-state index contributed by atoms with van der Waals surface area (Å²) in [5.74, 6) is -1.86. The molecule has 0 aliphatic heterocycles. The lowest BCUT2D eigenvalue weighted by Gasteiger charge is -2.23. The Labute approximate surface area is 138 Å². The second kappa shape index (κ2) is 6.70. The number of carboxylic acids is 1. The molecule has 3 aromatic rings. The minimum Gasteiger partial charge on any atom is -0.476 e.